The molecule has 1 fully saturated rings. The van der Waals surface area contributed by atoms with Gasteiger partial charge >= 0.3 is 6.03 Å². The zero-order valence-corrected chi connectivity index (χ0v) is 14.1. The van der Waals surface area contributed by atoms with E-state index in [4.69, 9.17) is 10.4 Å². The van der Waals surface area contributed by atoms with Crippen LogP contribution in [0.2, 0.25) is 0 Å². The first kappa shape index (κ1) is 18.7. The first-order valence-corrected chi connectivity index (χ1v) is 8.30. The second-order valence-corrected chi connectivity index (χ2v) is 5.97. The van der Waals surface area contributed by atoms with Crippen LogP contribution in [-0.4, -0.2) is 54.9 Å². The molecule has 1 aromatic carbocycles. The number of anilines is 1. The van der Waals surface area contributed by atoms with Gasteiger partial charge in [-0.15, -0.1) is 6.58 Å². The van der Waals surface area contributed by atoms with Crippen LogP contribution in [0.3, 0.4) is 0 Å². The van der Waals surface area contributed by atoms with Gasteiger partial charge in [0.15, 0.2) is 0 Å². The number of nitrogens with zero attached hydrogens (tertiary/aromatic N) is 3. The molecule has 1 aromatic rings. The summed E-state index contributed by atoms with van der Waals surface area (Å²) >= 11 is 0. The summed E-state index contributed by atoms with van der Waals surface area (Å²) in [6, 6.07) is 5.97. The van der Waals surface area contributed by atoms with Crippen LogP contribution < -0.4 is 10.2 Å². The number of halogens is 1. The van der Waals surface area contributed by atoms with E-state index in [0.717, 1.165) is 12.8 Å². The van der Waals surface area contributed by atoms with Gasteiger partial charge in [0.25, 0.3) is 0 Å². The Labute approximate surface area is 147 Å². The molecule has 2 rings (SSSR count). The quantitative estimate of drug-likeness (QED) is 0.771. The lowest BCUT2D eigenvalue weighted by Crippen LogP contribution is -2.52. The molecule has 1 heterocycles. The fraction of sp³-hybridized carbons (Fsp3) is 0.444. The molecule has 1 aliphatic rings. The van der Waals surface area contributed by atoms with Crippen molar-refractivity contribution in [2.24, 2.45) is 0 Å². The lowest BCUT2D eigenvalue weighted by molar-refractivity contribution is 0.179. The van der Waals surface area contributed by atoms with Crippen LogP contribution in [0.15, 0.2) is 30.9 Å². The molecule has 0 aliphatic carbocycles. The molecular formula is C18H23FN4O2. The number of piperidine rings is 1. The molecule has 1 atom stereocenters. The van der Waals surface area contributed by atoms with E-state index in [2.05, 4.69) is 11.9 Å². The first-order chi connectivity index (χ1) is 12.1. The maximum absolute atomic E-state index is 14.2. The van der Waals surface area contributed by atoms with Crippen molar-refractivity contribution < 1.29 is 14.3 Å². The minimum absolute atomic E-state index is 0.109. The Bertz CT molecular complexity index is 659. The SMILES string of the molecule is C=CCN(CCO)C(=O)NC1CCCN(c2ccc(C#N)cc2F)C1. The summed E-state index contributed by atoms with van der Waals surface area (Å²) < 4.78 is 14.2. The lowest BCUT2D eigenvalue weighted by Gasteiger charge is -2.36. The number of carbonyl (C=O) groups excluding carboxylic acids is 1. The number of amides is 2. The molecule has 0 bridgehead atoms. The van der Waals surface area contributed by atoms with Crippen LogP contribution in [0.1, 0.15) is 18.4 Å². The maximum atomic E-state index is 14.2. The summed E-state index contributed by atoms with van der Waals surface area (Å²) in [5, 5.41) is 20.8. The van der Waals surface area contributed by atoms with Crippen LogP contribution in [0.25, 0.3) is 0 Å². The Balaban J connectivity index is 2.02. The van der Waals surface area contributed by atoms with Crippen LogP contribution in [0.4, 0.5) is 14.9 Å². The molecule has 1 aliphatic heterocycles. The van der Waals surface area contributed by atoms with Gasteiger partial charge in [0, 0.05) is 32.2 Å². The number of aliphatic hydroxyl groups is 1. The molecule has 7 heteroatoms. The van der Waals surface area contributed by atoms with Crippen LogP contribution in [0, 0.1) is 17.1 Å². The van der Waals surface area contributed by atoms with E-state index >= 15 is 0 Å². The zero-order chi connectivity index (χ0) is 18.2. The minimum atomic E-state index is -0.431. The molecule has 1 saturated heterocycles. The summed E-state index contributed by atoms with van der Waals surface area (Å²) in [5.41, 5.74) is 0.725. The number of nitrogens with one attached hydrogen (secondary N) is 1. The molecule has 6 nitrogen and oxygen atoms in total. The fourth-order valence-corrected chi connectivity index (χ4v) is 2.96. The van der Waals surface area contributed by atoms with Gasteiger partial charge in [-0.05, 0) is 31.0 Å². The van der Waals surface area contributed by atoms with Crippen LogP contribution >= 0.6 is 0 Å². The summed E-state index contributed by atoms with van der Waals surface area (Å²) in [5.74, 6) is -0.431. The first-order valence-electron chi connectivity index (χ1n) is 8.30. The van der Waals surface area contributed by atoms with Gasteiger partial charge in [0.05, 0.1) is 23.9 Å². The smallest absolute Gasteiger partial charge is 0.318 e. The highest BCUT2D eigenvalue weighted by Gasteiger charge is 2.24. The molecule has 134 valence electrons. The van der Waals surface area contributed by atoms with Crippen molar-refractivity contribution >= 4 is 11.7 Å². The highest BCUT2D eigenvalue weighted by atomic mass is 19.1. The Morgan fingerprint density at radius 1 is 1.60 bits per heavy atom. The Morgan fingerprint density at radius 3 is 3.04 bits per heavy atom. The average molecular weight is 346 g/mol. The number of rotatable bonds is 6. The summed E-state index contributed by atoms with van der Waals surface area (Å²) in [6.07, 6.45) is 3.24. The van der Waals surface area contributed by atoms with Gasteiger partial charge in [-0.2, -0.15) is 5.26 Å². The number of hydrogen-bond donors (Lipinski definition) is 2. The molecule has 0 aromatic heterocycles. The molecule has 25 heavy (non-hydrogen) atoms. The standard InChI is InChI=1S/C18H23FN4O2/c1-2-7-22(9-10-24)18(25)21-15-4-3-8-23(13-15)17-6-5-14(12-20)11-16(17)19/h2,5-6,11,15,24H,1,3-4,7-10,13H2,(H,21,25). The number of urea groups is 1. The van der Waals surface area contributed by atoms with Crippen molar-refractivity contribution in [3.05, 3.63) is 42.2 Å². The molecule has 2 amide bonds. The molecule has 2 N–H and O–H groups in total. The van der Waals surface area contributed by atoms with Gasteiger partial charge in [-0.1, -0.05) is 6.08 Å². The molecule has 0 spiro atoms. The van der Waals surface area contributed by atoms with E-state index in [1.165, 1.54) is 11.0 Å². The lowest BCUT2D eigenvalue weighted by atomic mass is 10.0. The number of nitriles is 1. The molecule has 0 saturated carbocycles. The second-order valence-electron chi connectivity index (χ2n) is 5.97. The normalized spacial score (nSPS) is 16.8. The molecule has 1 unspecified atom stereocenters. The number of carbonyl (C=O) groups is 1. The van der Waals surface area contributed by atoms with Crippen molar-refractivity contribution in [1.29, 1.82) is 5.26 Å². The highest BCUT2D eigenvalue weighted by molar-refractivity contribution is 5.74. The van der Waals surface area contributed by atoms with Crippen LogP contribution in [0.5, 0.6) is 0 Å². The van der Waals surface area contributed by atoms with Crippen molar-refractivity contribution in [2.45, 2.75) is 18.9 Å². The van der Waals surface area contributed by atoms with Crippen LogP contribution in [-0.2, 0) is 0 Å². The van der Waals surface area contributed by atoms with E-state index in [-0.39, 0.29) is 30.8 Å². The number of hydrogen-bond acceptors (Lipinski definition) is 4. The summed E-state index contributed by atoms with van der Waals surface area (Å²) in [4.78, 5) is 15.7. The van der Waals surface area contributed by atoms with Crippen molar-refractivity contribution in [2.75, 3.05) is 37.7 Å². The largest absolute Gasteiger partial charge is 0.395 e. The third-order valence-corrected chi connectivity index (χ3v) is 4.17. The van der Waals surface area contributed by atoms with E-state index in [9.17, 15) is 9.18 Å². The Morgan fingerprint density at radius 2 is 2.40 bits per heavy atom. The van der Waals surface area contributed by atoms with Crippen molar-refractivity contribution in [1.82, 2.24) is 10.2 Å². The minimum Gasteiger partial charge on any atom is -0.395 e. The molecular weight excluding hydrogens is 323 g/mol. The highest BCUT2D eigenvalue weighted by Crippen LogP contribution is 2.24. The number of aliphatic hydroxyl groups excluding tert-OH is 1. The third kappa shape index (κ3) is 4.94. The van der Waals surface area contributed by atoms with Gasteiger partial charge in [0.1, 0.15) is 5.82 Å². The number of benzene rings is 1. The fourth-order valence-electron chi connectivity index (χ4n) is 2.96. The topological polar surface area (TPSA) is 79.6 Å². The average Bonchev–Trinajstić information content (AvgIpc) is 2.61. The monoisotopic (exact) mass is 346 g/mol. The Hall–Kier alpha value is -2.59. The third-order valence-electron chi connectivity index (χ3n) is 4.17. The van der Waals surface area contributed by atoms with E-state index in [1.807, 2.05) is 11.0 Å². The zero-order valence-electron chi connectivity index (χ0n) is 14.1. The van der Waals surface area contributed by atoms with Crippen molar-refractivity contribution in [3.63, 3.8) is 0 Å². The summed E-state index contributed by atoms with van der Waals surface area (Å²) in [6.45, 7) is 5.28. The molecule has 0 radical (unpaired) electrons. The van der Waals surface area contributed by atoms with Gasteiger partial charge in [-0.25, -0.2) is 9.18 Å². The van der Waals surface area contributed by atoms with Gasteiger partial charge in [-0.3, -0.25) is 0 Å². The van der Waals surface area contributed by atoms with Gasteiger partial charge < -0.3 is 20.2 Å². The second kappa shape index (κ2) is 9.04. The maximum Gasteiger partial charge on any atom is 0.318 e. The van der Waals surface area contributed by atoms with Gasteiger partial charge in [0.2, 0.25) is 0 Å². The van der Waals surface area contributed by atoms with E-state index in [0.29, 0.717) is 25.3 Å². The van der Waals surface area contributed by atoms with Crippen molar-refractivity contribution in [3.8, 4) is 6.07 Å². The van der Waals surface area contributed by atoms with E-state index < -0.39 is 5.82 Å². The predicted octanol–water partition coefficient (Wildman–Crippen LogP) is 1.86. The summed E-state index contributed by atoms with van der Waals surface area (Å²) in [7, 11) is 0. The van der Waals surface area contributed by atoms with E-state index in [1.54, 1.807) is 18.2 Å². The predicted molar refractivity (Wildman–Crippen MR) is 93.7 cm³/mol. The Kier molecular flexibility index (Phi) is 6.78.